The lowest BCUT2D eigenvalue weighted by Crippen LogP contribution is -2.47. The highest BCUT2D eigenvalue weighted by Gasteiger charge is 2.28. The molecule has 1 saturated heterocycles. The molecule has 4 N–H and O–H groups in total. The molecule has 2 atom stereocenters. The molecule has 5 heteroatoms. The molecule has 0 spiro atoms. The monoisotopic (exact) mass is 274 g/mol. The maximum atomic E-state index is 11.8. The van der Waals surface area contributed by atoms with Crippen LogP contribution < -0.4 is 16.4 Å². The number of piperidine rings is 1. The Kier molecular flexibility index (Phi) is 3.38. The summed E-state index contributed by atoms with van der Waals surface area (Å²) in [6.45, 7) is 3.82. The SMILES string of the molecule is CC1CC(N)CN(c2nc3c(cc2C(N)=O)CCC3)C1. The van der Waals surface area contributed by atoms with Gasteiger partial charge in [-0.2, -0.15) is 0 Å². The quantitative estimate of drug-likeness (QED) is 0.837. The summed E-state index contributed by atoms with van der Waals surface area (Å²) < 4.78 is 0. The number of hydrogen-bond acceptors (Lipinski definition) is 4. The second-order valence-corrected chi connectivity index (χ2v) is 6.19. The smallest absolute Gasteiger partial charge is 0.252 e. The third kappa shape index (κ3) is 2.38. The number of hydrogen-bond donors (Lipinski definition) is 2. The molecule has 1 aromatic rings. The highest BCUT2D eigenvalue weighted by molar-refractivity contribution is 5.98. The average molecular weight is 274 g/mol. The number of nitrogens with zero attached hydrogens (tertiary/aromatic N) is 2. The maximum Gasteiger partial charge on any atom is 0.252 e. The summed E-state index contributed by atoms with van der Waals surface area (Å²) in [5.74, 6) is 0.851. The largest absolute Gasteiger partial charge is 0.365 e. The Morgan fingerprint density at radius 3 is 2.90 bits per heavy atom. The standard InChI is InChI=1S/C15H22N4O/c1-9-5-11(16)8-19(7-9)15-12(14(17)20)6-10-3-2-4-13(10)18-15/h6,9,11H,2-5,7-8,16H2,1H3,(H2,17,20). The summed E-state index contributed by atoms with van der Waals surface area (Å²) in [6, 6.07) is 2.08. The number of aromatic nitrogens is 1. The zero-order valence-electron chi connectivity index (χ0n) is 11.9. The topological polar surface area (TPSA) is 85.2 Å². The normalized spacial score (nSPS) is 25.6. The number of rotatable bonds is 2. The summed E-state index contributed by atoms with van der Waals surface area (Å²) in [7, 11) is 0. The van der Waals surface area contributed by atoms with E-state index in [4.69, 9.17) is 16.5 Å². The predicted octanol–water partition coefficient (Wildman–Crippen LogP) is 0.843. The Balaban J connectivity index is 2.01. The molecule has 0 radical (unpaired) electrons. The molecule has 3 rings (SSSR count). The van der Waals surface area contributed by atoms with Gasteiger partial charge in [0.15, 0.2) is 0 Å². The highest BCUT2D eigenvalue weighted by atomic mass is 16.1. The van der Waals surface area contributed by atoms with Crippen LogP contribution in [0.1, 0.15) is 41.4 Å². The van der Waals surface area contributed by atoms with E-state index in [9.17, 15) is 4.79 Å². The molecule has 0 aromatic carbocycles. The molecule has 1 aliphatic carbocycles. The lowest BCUT2D eigenvalue weighted by molar-refractivity contribution is 0.1000. The van der Waals surface area contributed by atoms with E-state index in [0.29, 0.717) is 11.5 Å². The first-order chi connectivity index (χ1) is 9.54. The Bertz CT molecular complexity index is 533. The molecule has 108 valence electrons. The first kappa shape index (κ1) is 13.4. The van der Waals surface area contributed by atoms with E-state index < -0.39 is 5.91 Å². The van der Waals surface area contributed by atoms with Crippen molar-refractivity contribution in [1.29, 1.82) is 0 Å². The number of aryl methyl sites for hydroxylation is 2. The molecule has 2 unspecified atom stereocenters. The van der Waals surface area contributed by atoms with Crippen molar-refractivity contribution in [3.63, 3.8) is 0 Å². The van der Waals surface area contributed by atoms with Gasteiger partial charge < -0.3 is 16.4 Å². The molecular weight excluding hydrogens is 252 g/mol. The maximum absolute atomic E-state index is 11.8. The van der Waals surface area contributed by atoms with Gasteiger partial charge in [-0.05, 0) is 43.2 Å². The van der Waals surface area contributed by atoms with Gasteiger partial charge in [0.25, 0.3) is 5.91 Å². The first-order valence-electron chi connectivity index (χ1n) is 7.37. The Morgan fingerprint density at radius 2 is 2.20 bits per heavy atom. The van der Waals surface area contributed by atoms with Gasteiger partial charge in [-0.15, -0.1) is 0 Å². The minimum absolute atomic E-state index is 0.134. The number of pyridine rings is 1. The second kappa shape index (κ2) is 5.05. The van der Waals surface area contributed by atoms with Gasteiger partial charge >= 0.3 is 0 Å². The van der Waals surface area contributed by atoms with Crippen molar-refractivity contribution in [2.24, 2.45) is 17.4 Å². The molecule has 0 saturated carbocycles. The van der Waals surface area contributed by atoms with Crippen LogP contribution in [0.15, 0.2) is 6.07 Å². The number of carbonyl (C=O) groups is 1. The molecule has 1 amide bonds. The summed E-state index contributed by atoms with van der Waals surface area (Å²) in [4.78, 5) is 18.6. The summed E-state index contributed by atoms with van der Waals surface area (Å²) in [5, 5.41) is 0. The predicted molar refractivity (Wildman–Crippen MR) is 78.7 cm³/mol. The van der Waals surface area contributed by atoms with Crippen molar-refractivity contribution >= 4 is 11.7 Å². The molecule has 2 aliphatic rings. The van der Waals surface area contributed by atoms with E-state index in [2.05, 4.69) is 11.8 Å². The first-order valence-corrected chi connectivity index (χ1v) is 7.37. The molecular formula is C15H22N4O. The molecule has 1 aromatic heterocycles. The third-order valence-electron chi connectivity index (χ3n) is 4.29. The van der Waals surface area contributed by atoms with Gasteiger partial charge in [0, 0.05) is 24.8 Å². The van der Waals surface area contributed by atoms with Gasteiger partial charge in [0.1, 0.15) is 5.82 Å². The minimum atomic E-state index is -0.394. The van der Waals surface area contributed by atoms with Crippen molar-refractivity contribution in [3.05, 3.63) is 22.9 Å². The molecule has 1 aliphatic heterocycles. The number of fused-ring (bicyclic) bond motifs is 1. The summed E-state index contributed by atoms with van der Waals surface area (Å²) >= 11 is 0. The zero-order valence-corrected chi connectivity index (χ0v) is 11.9. The van der Waals surface area contributed by atoms with Gasteiger partial charge in [-0.3, -0.25) is 4.79 Å². The van der Waals surface area contributed by atoms with Gasteiger partial charge in [-0.25, -0.2) is 4.98 Å². The average Bonchev–Trinajstić information content (AvgIpc) is 2.83. The molecule has 5 nitrogen and oxygen atoms in total. The zero-order chi connectivity index (χ0) is 14.3. The Hall–Kier alpha value is -1.62. The summed E-state index contributed by atoms with van der Waals surface area (Å²) in [5.41, 5.74) is 14.5. The fourth-order valence-corrected chi connectivity index (χ4v) is 3.46. The van der Waals surface area contributed by atoms with Crippen LogP contribution in [0.2, 0.25) is 0 Å². The molecule has 1 fully saturated rings. The minimum Gasteiger partial charge on any atom is -0.365 e. The Labute approximate surface area is 119 Å². The molecule has 2 heterocycles. The third-order valence-corrected chi connectivity index (χ3v) is 4.29. The van der Waals surface area contributed by atoms with Crippen molar-refractivity contribution in [3.8, 4) is 0 Å². The van der Waals surface area contributed by atoms with Crippen LogP contribution in [-0.2, 0) is 12.8 Å². The second-order valence-electron chi connectivity index (χ2n) is 6.19. The lowest BCUT2D eigenvalue weighted by atomic mass is 9.96. The van der Waals surface area contributed by atoms with Crippen LogP contribution in [0.5, 0.6) is 0 Å². The fraction of sp³-hybridized carbons (Fsp3) is 0.600. The van der Waals surface area contributed by atoms with E-state index in [-0.39, 0.29) is 6.04 Å². The fourth-order valence-electron chi connectivity index (χ4n) is 3.46. The molecule has 20 heavy (non-hydrogen) atoms. The number of carbonyl (C=O) groups excluding carboxylic acids is 1. The van der Waals surface area contributed by atoms with Crippen LogP contribution >= 0.6 is 0 Å². The van der Waals surface area contributed by atoms with Crippen LogP contribution in [0, 0.1) is 5.92 Å². The van der Waals surface area contributed by atoms with E-state index in [1.807, 2.05) is 6.07 Å². The van der Waals surface area contributed by atoms with Crippen LogP contribution in [0.4, 0.5) is 5.82 Å². The van der Waals surface area contributed by atoms with E-state index in [1.165, 1.54) is 5.56 Å². The van der Waals surface area contributed by atoms with Crippen molar-refractivity contribution < 1.29 is 4.79 Å². The van der Waals surface area contributed by atoms with Crippen molar-refractivity contribution in [1.82, 2.24) is 4.98 Å². The number of nitrogens with two attached hydrogens (primary N) is 2. The number of anilines is 1. The van der Waals surface area contributed by atoms with Gasteiger partial charge in [0.2, 0.25) is 0 Å². The Morgan fingerprint density at radius 1 is 1.40 bits per heavy atom. The van der Waals surface area contributed by atoms with Crippen LogP contribution in [-0.4, -0.2) is 30.0 Å². The van der Waals surface area contributed by atoms with E-state index in [0.717, 1.165) is 50.3 Å². The number of amides is 1. The van der Waals surface area contributed by atoms with Crippen molar-refractivity contribution in [2.75, 3.05) is 18.0 Å². The van der Waals surface area contributed by atoms with E-state index >= 15 is 0 Å². The van der Waals surface area contributed by atoms with Crippen molar-refractivity contribution in [2.45, 2.75) is 38.6 Å². The number of primary amides is 1. The van der Waals surface area contributed by atoms with Crippen LogP contribution in [0.3, 0.4) is 0 Å². The molecule has 0 bridgehead atoms. The lowest BCUT2D eigenvalue weighted by Gasteiger charge is -2.36. The van der Waals surface area contributed by atoms with Gasteiger partial charge in [0.05, 0.1) is 5.56 Å². The highest BCUT2D eigenvalue weighted by Crippen LogP contribution is 2.29. The van der Waals surface area contributed by atoms with Crippen LogP contribution in [0.25, 0.3) is 0 Å². The van der Waals surface area contributed by atoms with E-state index in [1.54, 1.807) is 0 Å². The summed E-state index contributed by atoms with van der Waals surface area (Å²) in [6.07, 6.45) is 4.13. The van der Waals surface area contributed by atoms with Gasteiger partial charge in [-0.1, -0.05) is 6.92 Å².